The highest BCUT2D eigenvalue weighted by molar-refractivity contribution is 5.97. The van der Waals surface area contributed by atoms with Crippen LogP contribution < -0.4 is 11.4 Å². The molecule has 7 nitrogen and oxygen atoms in total. The van der Waals surface area contributed by atoms with Gasteiger partial charge in [0.1, 0.15) is 23.9 Å². The molecule has 1 unspecified atom stereocenters. The van der Waals surface area contributed by atoms with Crippen molar-refractivity contribution in [2.24, 2.45) is 0 Å². The molecule has 176 valence electrons. The van der Waals surface area contributed by atoms with Crippen molar-refractivity contribution in [3.8, 4) is 11.1 Å². The lowest BCUT2D eigenvalue weighted by atomic mass is 9.96. The number of benzene rings is 2. The van der Waals surface area contributed by atoms with Gasteiger partial charge >= 0.3 is 5.63 Å². The number of fused-ring (bicyclic) bond motifs is 2. The number of rotatable bonds is 3. The van der Waals surface area contributed by atoms with E-state index in [9.17, 15) is 4.79 Å². The topological polar surface area (TPSA) is 99.8 Å². The summed E-state index contributed by atoms with van der Waals surface area (Å²) in [5, 5.41) is 6.73. The van der Waals surface area contributed by atoms with E-state index in [4.69, 9.17) is 10.2 Å². The molecular formula is C27H31N5O2. The maximum atomic E-state index is 12.8. The number of nitrogens with two attached hydrogens (primary N) is 1. The van der Waals surface area contributed by atoms with Gasteiger partial charge in [-0.05, 0) is 25.5 Å². The SMILES string of the molecule is CC.CC.Cc1nn(C(C)c2oc(=O)c3ccccc3c2-c2ccccc2)c2ncnc(N)c12. The second kappa shape index (κ2) is 10.7. The Labute approximate surface area is 199 Å². The number of hydrogen-bond donors (Lipinski definition) is 1. The van der Waals surface area contributed by atoms with Gasteiger partial charge in [-0.15, -0.1) is 0 Å². The average Bonchev–Trinajstić information content (AvgIpc) is 3.24. The first-order valence-corrected chi connectivity index (χ1v) is 11.6. The predicted molar refractivity (Wildman–Crippen MR) is 139 cm³/mol. The fourth-order valence-electron chi connectivity index (χ4n) is 3.96. The summed E-state index contributed by atoms with van der Waals surface area (Å²) in [6, 6.07) is 17.0. The minimum atomic E-state index is -0.400. The smallest absolute Gasteiger partial charge is 0.343 e. The van der Waals surface area contributed by atoms with E-state index < -0.39 is 6.04 Å². The highest BCUT2D eigenvalue weighted by Crippen LogP contribution is 2.36. The molecule has 0 spiro atoms. The van der Waals surface area contributed by atoms with Crippen LogP contribution >= 0.6 is 0 Å². The van der Waals surface area contributed by atoms with Crippen LogP contribution in [-0.2, 0) is 0 Å². The molecule has 1 atom stereocenters. The third-order valence-electron chi connectivity index (χ3n) is 5.37. The van der Waals surface area contributed by atoms with Crippen molar-refractivity contribution in [3.63, 3.8) is 0 Å². The van der Waals surface area contributed by atoms with Crippen LogP contribution in [0.15, 0.2) is 70.1 Å². The molecule has 2 N–H and O–H groups in total. The molecule has 0 amide bonds. The van der Waals surface area contributed by atoms with Gasteiger partial charge in [0.05, 0.1) is 16.5 Å². The van der Waals surface area contributed by atoms with Crippen LogP contribution in [0.3, 0.4) is 0 Å². The quantitative estimate of drug-likeness (QED) is 0.349. The Kier molecular flexibility index (Phi) is 7.79. The Morgan fingerprint density at radius 2 is 1.53 bits per heavy atom. The first-order valence-electron chi connectivity index (χ1n) is 11.6. The zero-order chi connectivity index (χ0) is 24.8. The average molecular weight is 458 g/mol. The van der Waals surface area contributed by atoms with Crippen LogP contribution in [0.25, 0.3) is 32.9 Å². The van der Waals surface area contributed by atoms with Gasteiger partial charge in [-0.2, -0.15) is 5.10 Å². The van der Waals surface area contributed by atoms with E-state index in [1.807, 2.05) is 90.1 Å². The number of aromatic nitrogens is 4. The molecule has 0 radical (unpaired) electrons. The summed E-state index contributed by atoms with van der Waals surface area (Å²) < 4.78 is 7.63. The molecule has 0 aliphatic heterocycles. The molecule has 0 aliphatic carbocycles. The minimum Gasteiger partial charge on any atom is -0.424 e. The van der Waals surface area contributed by atoms with Crippen molar-refractivity contribution in [1.29, 1.82) is 0 Å². The largest absolute Gasteiger partial charge is 0.424 e. The Balaban J connectivity index is 0.000000771. The van der Waals surface area contributed by atoms with Crippen molar-refractivity contribution < 1.29 is 4.42 Å². The van der Waals surface area contributed by atoms with E-state index in [1.54, 1.807) is 10.7 Å². The molecule has 34 heavy (non-hydrogen) atoms. The van der Waals surface area contributed by atoms with Crippen LogP contribution in [0, 0.1) is 6.92 Å². The summed E-state index contributed by atoms with van der Waals surface area (Å²) in [7, 11) is 0. The van der Waals surface area contributed by atoms with E-state index in [2.05, 4.69) is 15.1 Å². The van der Waals surface area contributed by atoms with E-state index in [1.165, 1.54) is 6.33 Å². The molecule has 0 aliphatic rings. The Morgan fingerprint density at radius 3 is 2.21 bits per heavy atom. The highest BCUT2D eigenvalue weighted by Gasteiger charge is 2.25. The predicted octanol–water partition coefficient (Wildman–Crippen LogP) is 6.15. The highest BCUT2D eigenvalue weighted by atomic mass is 16.4. The Morgan fingerprint density at radius 1 is 0.912 bits per heavy atom. The van der Waals surface area contributed by atoms with Crippen LogP contribution in [0.4, 0.5) is 5.82 Å². The van der Waals surface area contributed by atoms with Gasteiger partial charge in [-0.25, -0.2) is 19.4 Å². The van der Waals surface area contributed by atoms with Crippen LogP contribution in [0.2, 0.25) is 0 Å². The van der Waals surface area contributed by atoms with E-state index >= 15 is 0 Å². The molecule has 3 aromatic heterocycles. The number of aryl methyl sites for hydroxylation is 1. The van der Waals surface area contributed by atoms with Gasteiger partial charge in [0, 0.05) is 10.9 Å². The van der Waals surface area contributed by atoms with Gasteiger partial charge in [0.15, 0.2) is 5.65 Å². The van der Waals surface area contributed by atoms with Crippen molar-refractivity contribution in [1.82, 2.24) is 19.7 Å². The summed E-state index contributed by atoms with van der Waals surface area (Å²) in [5.74, 6) is 0.894. The number of anilines is 1. The van der Waals surface area contributed by atoms with Crippen LogP contribution in [-0.4, -0.2) is 19.7 Å². The fourth-order valence-corrected chi connectivity index (χ4v) is 3.96. The van der Waals surface area contributed by atoms with Gasteiger partial charge in [-0.3, -0.25) is 0 Å². The molecule has 2 aromatic carbocycles. The Hall–Kier alpha value is -4.00. The molecule has 5 aromatic rings. The van der Waals surface area contributed by atoms with Gasteiger partial charge in [0.2, 0.25) is 0 Å². The second-order valence-corrected chi connectivity index (χ2v) is 7.20. The third-order valence-corrected chi connectivity index (χ3v) is 5.37. The summed E-state index contributed by atoms with van der Waals surface area (Å²) in [5.41, 5.74) is 8.81. The maximum absolute atomic E-state index is 12.8. The third kappa shape index (κ3) is 4.29. The second-order valence-electron chi connectivity index (χ2n) is 7.20. The van der Waals surface area contributed by atoms with Gasteiger partial charge in [-0.1, -0.05) is 76.2 Å². The summed E-state index contributed by atoms with van der Waals surface area (Å²) in [6.07, 6.45) is 1.41. The maximum Gasteiger partial charge on any atom is 0.343 e. The van der Waals surface area contributed by atoms with E-state index in [-0.39, 0.29) is 5.63 Å². The lowest BCUT2D eigenvalue weighted by molar-refractivity contribution is 0.404. The Bertz CT molecular complexity index is 1460. The number of nitrogens with zero attached hydrogens (tertiary/aromatic N) is 4. The number of hydrogen-bond acceptors (Lipinski definition) is 6. The van der Waals surface area contributed by atoms with Gasteiger partial charge in [0.25, 0.3) is 0 Å². The molecule has 0 saturated carbocycles. The van der Waals surface area contributed by atoms with Crippen molar-refractivity contribution in [2.45, 2.75) is 47.6 Å². The van der Waals surface area contributed by atoms with Crippen LogP contribution in [0.1, 0.15) is 52.1 Å². The normalized spacial score (nSPS) is 11.4. The molecule has 7 heteroatoms. The monoisotopic (exact) mass is 457 g/mol. The summed E-state index contributed by atoms with van der Waals surface area (Å²) >= 11 is 0. The first kappa shape index (κ1) is 24.6. The molecule has 5 rings (SSSR count). The first-order chi connectivity index (χ1) is 16.6. The molecule has 0 fully saturated rings. The van der Waals surface area contributed by atoms with Crippen molar-refractivity contribution in [3.05, 3.63) is 82.8 Å². The van der Waals surface area contributed by atoms with Gasteiger partial charge < -0.3 is 10.2 Å². The zero-order valence-electron chi connectivity index (χ0n) is 20.5. The number of nitrogen functional groups attached to an aromatic ring is 1. The lowest BCUT2D eigenvalue weighted by Crippen LogP contribution is -2.14. The molecule has 0 bridgehead atoms. The summed E-state index contributed by atoms with van der Waals surface area (Å²) in [4.78, 5) is 21.3. The molecule has 0 saturated heterocycles. The van der Waals surface area contributed by atoms with Crippen molar-refractivity contribution >= 4 is 27.6 Å². The molecule has 3 heterocycles. The zero-order valence-corrected chi connectivity index (χ0v) is 20.5. The fraction of sp³-hybridized carbons (Fsp3) is 0.259. The lowest BCUT2D eigenvalue weighted by Gasteiger charge is -2.18. The molecular weight excluding hydrogens is 426 g/mol. The van der Waals surface area contributed by atoms with E-state index in [0.29, 0.717) is 28.0 Å². The minimum absolute atomic E-state index is 0.374. The van der Waals surface area contributed by atoms with E-state index in [0.717, 1.165) is 22.2 Å². The van der Waals surface area contributed by atoms with Crippen LogP contribution in [0.5, 0.6) is 0 Å². The summed E-state index contributed by atoms with van der Waals surface area (Å²) in [6.45, 7) is 11.8. The van der Waals surface area contributed by atoms with Crippen molar-refractivity contribution in [2.75, 3.05) is 5.73 Å². The standard InChI is InChI=1S/C23H19N5O2.2C2H6/c1-13-18-21(24)25-12-26-22(18)28(27-13)14(2)20-19(15-8-4-3-5-9-15)16-10-6-7-11-17(16)23(29)30-20;2*1-2/h3-12,14H,1-2H3,(H2,24,25,26);2*1-2H3.